The van der Waals surface area contributed by atoms with Crippen LogP contribution < -0.4 is 0 Å². The smallest absolute Gasteiger partial charge is 0.0462 e. The van der Waals surface area contributed by atoms with Crippen LogP contribution in [0.5, 0.6) is 0 Å². The predicted octanol–water partition coefficient (Wildman–Crippen LogP) is 9.48. The van der Waals surface area contributed by atoms with E-state index in [0.29, 0.717) is 0 Å². The topological polar surface area (TPSA) is 9.23 Å². The lowest BCUT2D eigenvalue weighted by Crippen LogP contribution is -1.91. The minimum absolute atomic E-state index is 0.943. The van der Waals surface area contributed by atoms with Gasteiger partial charge in [0.25, 0.3) is 0 Å². The van der Waals surface area contributed by atoms with Crippen LogP contribution in [0.3, 0.4) is 0 Å². The van der Waals surface area contributed by atoms with E-state index in [4.69, 9.17) is 4.74 Å². The van der Waals surface area contributed by atoms with E-state index in [2.05, 4.69) is 13.8 Å². The van der Waals surface area contributed by atoms with Crippen molar-refractivity contribution in [3.8, 4) is 0 Å². The number of methoxy groups -OCH3 is 1. The molecule has 1 atom stereocenters. The molecule has 0 aromatic heterocycles. The van der Waals surface area contributed by atoms with Crippen LogP contribution in [0.2, 0.25) is 0 Å². The second-order valence-electron chi connectivity index (χ2n) is 9.01. The fourth-order valence-corrected chi connectivity index (χ4v) is 3.95. The highest BCUT2D eigenvalue weighted by Crippen LogP contribution is 2.16. The highest BCUT2D eigenvalue weighted by Gasteiger charge is 1.98. The third-order valence-electron chi connectivity index (χ3n) is 6.24. The van der Waals surface area contributed by atoms with Gasteiger partial charge >= 0.3 is 0 Å². The number of unbranched alkanes of at least 4 members (excludes halogenated alkanes) is 18. The SMILES string of the molecule is CCC(C)CCCCCCCCCCCCCCCCCCCCCOC. The standard InChI is InChI=1S/C26H54O/c1-4-26(2)24-22-20-18-16-14-12-10-8-6-5-7-9-11-13-15-17-19-21-23-25-27-3/h26H,4-25H2,1-3H3. The average Bonchev–Trinajstić information content (AvgIpc) is 2.68. The lowest BCUT2D eigenvalue weighted by molar-refractivity contribution is 0.192. The van der Waals surface area contributed by atoms with Crippen LogP contribution in [0.25, 0.3) is 0 Å². The van der Waals surface area contributed by atoms with Crippen LogP contribution in [-0.2, 0) is 4.74 Å². The summed E-state index contributed by atoms with van der Waals surface area (Å²) < 4.78 is 5.09. The highest BCUT2D eigenvalue weighted by atomic mass is 16.5. The number of rotatable bonds is 23. The molecule has 164 valence electrons. The molecule has 0 rings (SSSR count). The average molecular weight is 383 g/mol. The summed E-state index contributed by atoms with van der Waals surface area (Å²) in [5, 5.41) is 0. The van der Waals surface area contributed by atoms with Gasteiger partial charge in [-0.15, -0.1) is 0 Å². The molecule has 1 nitrogen and oxygen atoms in total. The normalized spacial score (nSPS) is 12.6. The molecule has 0 aliphatic rings. The Morgan fingerprint density at radius 1 is 0.481 bits per heavy atom. The van der Waals surface area contributed by atoms with Crippen LogP contribution in [0.1, 0.15) is 149 Å². The first kappa shape index (κ1) is 27.0. The molecule has 0 heterocycles. The summed E-state index contributed by atoms with van der Waals surface area (Å²) in [5.74, 6) is 0.946. The number of hydrogen-bond acceptors (Lipinski definition) is 1. The molecule has 0 aliphatic heterocycles. The summed E-state index contributed by atoms with van der Waals surface area (Å²) >= 11 is 0. The van der Waals surface area contributed by atoms with Crippen molar-refractivity contribution in [1.82, 2.24) is 0 Å². The Balaban J connectivity index is 2.99. The molecule has 0 aromatic rings. The van der Waals surface area contributed by atoms with Gasteiger partial charge in [0.05, 0.1) is 0 Å². The van der Waals surface area contributed by atoms with E-state index in [0.717, 1.165) is 12.5 Å². The van der Waals surface area contributed by atoms with Crippen molar-refractivity contribution in [1.29, 1.82) is 0 Å². The van der Waals surface area contributed by atoms with Gasteiger partial charge in [0.1, 0.15) is 0 Å². The summed E-state index contributed by atoms with van der Waals surface area (Å²) in [6.45, 7) is 5.66. The largest absolute Gasteiger partial charge is 0.385 e. The van der Waals surface area contributed by atoms with Crippen LogP contribution in [0.15, 0.2) is 0 Å². The predicted molar refractivity (Wildman–Crippen MR) is 124 cm³/mol. The maximum atomic E-state index is 5.09. The summed E-state index contributed by atoms with van der Waals surface area (Å²) in [5.41, 5.74) is 0. The third-order valence-corrected chi connectivity index (χ3v) is 6.24. The highest BCUT2D eigenvalue weighted by molar-refractivity contribution is 4.53. The fraction of sp³-hybridized carbons (Fsp3) is 1.00. The Morgan fingerprint density at radius 3 is 1.07 bits per heavy atom. The van der Waals surface area contributed by atoms with Crippen LogP contribution >= 0.6 is 0 Å². The maximum Gasteiger partial charge on any atom is 0.0462 e. The molecular weight excluding hydrogens is 328 g/mol. The van der Waals surface area contributed by atoms with Crippen molar-refractivity contribution in [3.63, 3.8) is 0 Å². The van der Waals surface area contributed by atoms with Crippen molar-refractivity contribution in [2.24, 2.45) is 5.92 Å². The Labute approximate surface area is 173 Å². The third kappa shape index (κ3) is 23.9. The Bertz CT molecular complexity index is 251. The van der Waals surface area contributed by atoms with E-state index >= 15 is 0 Å². The number of ether oxygens (including phenoxy) is 1. The van der Waals surface area contributed by atoms with Crippen molar-refractivity contribution in [2.45, 2.75) is 149 Å². The molecule has 0 spiro atoms. The molecule has 1 heteroatoms. The van der Waals surface area contributed by atoms with Gasteiger partial charge in [0.2, 0.25) is 0 Å². The molecule has 0 radical (unpaired) electrons. The summed E-state index contributed by atoms with van der Waals surface area (Å²) in [4.78, 5) is 0. The van der Waals surface area contributed by atoms with Gasteiger partial charge < -0.3 is 4.74 Å². The minimum atomic E-state index is 0.943. The van der Waals surface area contributed by atoms with E-state index in [1.54, 1.807) is 7.11 Å². The maximum absolute atomic E-state index is 5.09. The molecule has 0 amide bonds. The van der Waals surface area contributed by atoms with Gasteiger partial charge in [-0.1, -0.05) is 142 Å². The molecule has 0 aliphatic carbocycles. The summed E-state index contributed by atoms with van der Waals surface area (Å²) in [7, 11) is 1.80. The first-order chi connectivity index (χ1) is 13.3. The first-order valence-electron chi connectivity index (χ1n) is 12.8. The van der Waals surface area contributed by atoms with Gasteiger partial charge in [-0.05, 0) is 12.3 Å². The molecule has 0 fully saturated rings. The molecule has 0 saturated heterocycles. The van der Waals surface area contributed by atoms with Gasteiger partial charge in [-0.3, -0.25) is 0 Å². The van der Waals surface area contributed by atoms with Crippen LogP contribution in [0.4, 0.5) is 0 Å². The quantitative estimate of drug-likeness (QED) is 0.160. The Hall–Kier alpha value is -0.0400. The molecule has 1 unspecified atom stereocenters. The molecular formula is C26H54O. The Morgan fingerprint density at radius 2 is 0.778 bits per heavy atom. The lowest BCUT2D eigenvalue weighted by atomic mass is 9.99. The second kappa shape index (κ2) is 24.0. The van der Waals surface area contributed by atoms with Crippen molar-refractivity contribution in [3.05, 3.63) is 0 Å². The van der Waals surface area contributed by atoms with E-state index < -0.39 is 0 Å². The second-order valence-corrected chi connectivity index (χ2v) is 9.01. The van der Waals surface area contributed by atoms with E-state index in [1.807, 2.05) is 0 Å². The Kier molecular flexibility index (Phi) is 24.0. The van der Waals surface area contributed by atoms with Gasteiger partial charge in [0.15, 0.2) is 0 Å². The first-order valence-corrected chi connectivity index (χ1v) is 12.8. The molecule has 0 saturated carbocycles. The van der Waals surface area contributed by atoms with E-state index in [9.17, 15) is 0 Å². The zero-order valence-electron chi connectivity index (χ0n) is 19.5. The van der Waals surface area contributed by atoms with E-state index in [-0.39, 0.29) is 0 Å². The van der Waals surface area contributed by atoms with Gasteiger partial charge in [-0.25, -0.2) is 0 Å². The van der Waals surface area contributed by atoms with E-state index in [1.165, 1.54) is 135 Å². The van der Waals surface area contributed by atoms with Crippen molar-refractivity contribution < 1.29 is 4.74 Å². The monoisotopic (exact) mass is 382 g/mol. The number of hydrogen-bond donors (Lipinski definition) is 0. The summed E-state index contributed by atoms with van der Waals surface area (Å²) in [6.07, 6.45) is 30.3. The van der Waals surface area contributed by atoms with Crippen molar-refractivity contribution in [2.75, 3.05) is 13.7 Å². The molecule has 0 bridgehead atoms. The van der Waals surface area contributed by atoms with Crippen LogP contribution in [0, 0.1) is 5.92 Å². The molecule has 0 N–H and O–H groups in total. The van der Waals surface area contributed by atoms with Gasteiger partial charge in [0, 0.05) is 13.7 Å². The lowest BCUT2D eigenvalue weighted by Gasteiger charge is -2.07. The van der Waals surface area contributed by atoms with Crippen molar-refractivity contribution >= 4 is 0 Å². The fourth-order valence-electron chi connectivity index (χ4n) is 3.95. The molecule has 27 heavy (non-hydrogen) atoms. The van der Waals surface area contributed by atoms with Crippen LogP contribution in [-0.4, -0.2) is 13.7 Å². The minimum Gasteiger partial charge on any atom is -0.385 e. The molecule has 0 aromatic carbocycles. The summed E-state index contributed by atoms with van der Waals surface area (Å²) in [6, 6.07) is 0. The zero-order chi connectivity index (χ0) is 19.8. The zero-order valence-corrected chi connectivity index (χ0v) is 19.5. The van der Waals surface area contributed by atoms with Gasteiger partial charge in [-0.2, -0.15) is 0 Å².